The van der Waals surface area contributed by atoms with Gasteiger partial charge >= 0.3 is 0 Å². The zero-order valence-electron chi connectivity index (χ0n) is 16.3. The fourth-order valence-electron chi connectivity index (χ4n) is 2.71. The van der Waals surface area contributed by atoms with Gasteiger partial charge < -0.3 is 14.2 Å². The molecule has 30 heavy (non-hydrogen) atoms. The summed E-state index contributed by atoms with van der Waals surface area (Å²) in [6.45, 7) is 0.444. The van der Waals surface area contributed by atoms with Crippen LogP contribution in [-0.2, 0) is 9.53 Å². The summed E-state index contributed by atoms with van der Waals surface area (Å²) in [4.78, 5) is 24.5. The molecule has 0 atom stereocenters. The number of ether oxygens (including phenoxy) is 3. The fraction of sp³-hybridized carbons (Fsp3) is 0.182. The average molecular weight is 473 g/mol. The highest BCUT2D eigenvalue weighted by Gasteiger charge is 2.14. The van der Waals surface area contributed by atoms with Crippen LogP contribution < -0.4 is 20.3 Å². The van der Waals surface area contributed by atoms with Gasteiger partial charge in [0, 0.05) is 7.11 Å². The largest absolute Gasteiger partial charge is 0.490 e. The molecule has 8 heteroatoms. The molecule has 0 unspecified atom stereocenters. The van der Waals surface area contributed by atoms with E-state index >= 15 is 0 Å². The van der Waals surface area contributed by atoms with E-state index in [1.807, 2.05) is 30.3 Å². The average Bonchev–Trinajstić information content (AvgIpc) is 2.77. The molecule has 156 valence electrons. The van der Waals surface area contributed by atoms with Gasteiger partial charge in [0.2, 0.25) is 0 Å². The molecule has 3 rings (SSSR count). The number of amides is 2. The maximum absolute atomic E-state index is 12.4. The van der Waals surface area contributed by atoms with Gasteiger partial charge in [-0.05, 0) is 44.9 Å². The van der Waals surface area contributed by atoms with Crippen molar-refractivity contribution < 1.29 is 23.8 Å². The second kappa shape index (κ2) is 10.6. The Morgan fingerprint density at radius 2 is 1.63 bits per heavy atom. The maximum atomic E-state index is 12.4. The summed E-state index contributed by atoms with van der Waals surface area (Å²) in [5.41, 5.74) is 5.01. The number of hydrazine groups is 1. The molecule has 2 N–H and O–H groups in total. The normalized spacial score (nSPS) is 10.5. The number of benzene rings is 3. The highest BCUT2D eigenvalue weighted by Crippen LogP contribution is 2.32. The lowest BCUT2D eigenvalue weighted by Gasteiger charge is -2.13. The number of hydrogen-bond donors (Lipinski definition) is 2. The van der Waals surface area contributed by atoms with Gasteiger partial charge in [0.1, 0.15) is 18.1 Å². The third-order valence-electron chi connectivity index (χ3n) is 4.18. The van der Waals surface area contributed by atoms with Gasteiger partial charge in [-0.1, -0.05) is 42.5 Å². The van der Waals surface area contributed by atoms with E-state index in [4.69, 9.17) is 14.2 Å². The van der Waals surface area contributed by atoms with Crippen LogP contribution in [0.25, 0.3) is 10.8 Å². The first-order valence-electron chi connectivity index (χ1n) is 9.20. The van der Waals surface area contributed by atoms with Crippen molar-refractivity contribution in [3.05, 3.63) is 70.7 Å². The first-order chi connectivity index (χ1) is 14.6. The van der Waals surface area contributed by atoms with Gasteiger partial charge in [0.05, 0.1) is 16.6 Å². The Morgan fingerprint density at radius 3 is 2.47 bits per heavy atom. The second-order valence-corrected chi connectivity index (χ2v) is 7.02. The Hall–Kier alpha value is -3.10. The van der Waals surface area contributed by atoms with Crippen LogP contribution in [0.3, 0.4) is 0 Å². The zero-order chi connectivity index (χ0) is 21.3. The third-order valence-corrected chi connectivity index (χ3v) is 5.00. The minimum absolute atomic E-state index is 0.261. The minimum atomic E-state index is -0.499. The molecule has 3 aromatic carbocycles. The van der Waals surface area contributed by atoms with Crippen LogP contribution >= 0.6 is 15.9 Å². The van der Waals surface area contributed by atoms with Crippen molar-refractivity contribution in [2.45, 2.75) is 0 Å². The first-order valence-corrected chi connectivity index (χ1v) is 9.99. The van der Waals surface area contributed by atoms with Crippen molar-refractivity contribution in [3.63, 3.8) is 0 Å². The number of fused-ring (bicyclic) bond motifs is 1. The van der Waals surface area contributed by atoms with E-state index in [0.29, 0.717) is 30.3 Å². The number of halogens is 1. The maximum Gasteiger partial charge on any atom is 0.276 e. The Balaban J connectivity index is 1.54. The molecular weight excluding hydrogens is 452 g/mol. The molecule has 3 aromatic rings. The van der Waals surface area contributed by atoms with E-state index in [-0.39, 0.29) is 6.61 Å². The lowest BCUT2D eigenvalue weighted by Crippen LogP contribution is -2.44. The van der Waals surface area contributed by atoms with Crippen LogP contribution in [0.2, 0.25) is 0 Å². The van der Waals surface area contributed by atoms with Crippen molar-refractivity contribution in [2.75, 3.05) is 26.9 Å². The molecule has 0 radical (unpaired) electrons. The first kappa shape index (κ1) is 21.6. The van der Waals surface area contributed by atoms with Crippen LogP contribution in [0, 0.1) is 0 Å². The number of para-hydroxylation sites is 1. The summed E-state index contributed by atoms with van der Waals surface area (Å²) in [6.07, 6.45) is 0. The Kier molecular flexibility index (Phi) is 7.64. The predicted molar refractivity (Wildman–Crippen MR) is 117 cm³/mol. The molecule has 0 saturated carbocycles. The van der Waals surface area contributed by atoms with Crippen molar-refractivity contribution in [2.24, 2.45) is 0 Å². The van der Waals surface area contributed by atoms with Gasteiger partial charge in [-0.15, -0.1) is 0 Å². The van der Waals surface area contributed by atoms with Crippen molar-refractivity contribution in [3.8, 4) is 11.5 Å². The Labute approximate surface area is 182 Å². The van der Waals surface area contributed by atoms with Crippen LogP contribution in [0.4, 0.5) is 0 Å². The van der Waals surface area contributed by atoms with Crippen molar-refractivity contribution in [1.82, 2.24) is 10.9 Å². The standard InChI is InChI=1S/C22H21BrN2O5/c1-28-12-13-29-18-9-5-4-8-17(18)22(27)25-24-20(26)14-30-19-11-10-15-6-2-3-7-16(15)21(19)23/h2-11H,12-14H2,1H3,(H,24,26)(H,25,27). The smallest absolute Gasteiger partial charge is 0.276 e. The van der Waals surface area contributed by atoms with Gasteiger partial charge in [-0.2, -0.15) is 0 Å². The number of nitrogens with one attached hydrogen (secondary N) is 2. The monoisotopic (exact) mass is 472 g/mol. The highest BCUT2D eigenvalue weighted by atomic mass is 79.9. The van der Waals surface area contributed by atoms with Crippen LogP contribution in [-0.4, -0.2) is 38.7 Å². The highest BCUT2D eigenvalue weighted by molar-refractivity contribution is 9.10. The molecule has 7 nitrogen and oxygen atoms in total. The molecule has 0 aliphatic carbocycles. The van der Waals surface area contributed by atoms with E-state index in [0.717, 1.165) is 15.2 Å². The summed E-state index contributed by atoms with van der Waals surface area (Å²) in [5.74, 6) is -0.0610. The van der Waals surface area contributed by atoms with Crippen LogP contribution in [0.15, 0.2) is 65.1 Å². The van der Waals surface area contributed by atoms with Gasteiger partial charge in [0.25, 0.3) is 11.8 Å². The molecule has 2 amide bonds. The fourth-order valence-corrected chi connectivity index (χ4v) is 3.32. The SMILES string of the molecule is COCCOc1ccccc1C(=O)NNC(=O)COc1ccc2ccccc2c1Br. The molecule has 0 spiro atoms. The van der Waals surface area contributed by atoms with Gasteiger partial charge in [-0.3, -0.25) is 20.4 Å². The van der Waals surface area contributed by atoms with Crippen LogP contribution in [0.1, 0.15) is 10.4 Å². The topological polar surface area (TPSA) is 85.9 Å². The van der Waals surface area contributed by atoms with E-state index in [1.165, 1.54) is 0 Å². The van der Waals surface area contributed by atoms with Crippen molar-refractivity contribution >= 4 is 38.5 Å². The molecule has 0 aromatic heterocycles. The Morgan fingerprint density at radius 1 is 0.867 bits per heavy atom. The quantitative estimate of drug-likeness (QED) is 0.387. The van der Waals surface area contributed by atoms with E-state index in [1.54, 1.807) is 37.4 Å². The lowest BCUT2D eigenvalue weighted by molar-refractivity contribution is -0.123. The number of rotatable bonds is 8. The van der Waals surface area contributed by atoms with E-state index < -0.39 is 11.8 Å². The van der Waals surface area contributed by atoms with Gasteiger partial charge in [-0.25, -0.2) is 0 Å². The van der Waals surface area contributed by atoms with Crippen LogP contribution in [0.5, 0.6) is 11.5 Å². The summed E-state index contributed by atoms with van der Waals surface area (Å²) >= 11 is 3.51. The zero-order valence-corrected chi connectivity index (χ0v) is 17.9. The molecule has 0 heterocycles. The Bertz CT molecular complexity index is 1040. The number of methoxy groups -OCH3 is 1. The summed E-state index contributed by atoms with van der Waals surface area (Å²) in [6, 6.07) is 18.3. The molecule has 0 aliphatic heterocycles. The third kappa shape index (κ3) is 5.49. The molecule has 0 bridgehead atoms. The lowest BCUT2D eigenvalue weighted by atomic mass is 10.1. The number of carbonyl (C=O) groups is 2. The molecular formula is C22H21BrN2O5. The summed E-state index contributed by atoms with van der Waals surface area (Å²) in [7, 11) is 1.57. The molecule has 0 fully saturated rings. The van der Waals surface area contributed by atoms with E-state index in [9.17, 15) is 9.59 Å². The second-order valence-electron chi connectivity index (χ2n) is 6.23. The molecule has 0 saturated heterocycles. The predicted octanol–water partition coefficient (Wildman–Crippen LogP) is 3.47. The van der Waals surface area contributed by atoms with E-state index in [2.05, 4.69) is 26.8 Å². The minimum Gasteiger partial charge on any atom is -0.490 e. The van der Waals surface area contributed by atoms with Crippen molar-refractivity contribution in [1.29, 1.82) is 0 Å². The number of hydrogen-bond acceptors (Lipinski definition) is 5. The summed E-state index contributed by atoms with van der Waals surface area (Å²) in [5, 5.41) is 2.04. The van der Waals surface area contributed by atoms with Gasteiger partial charge in [0.15, 0.2) is 6.61 Å². The number of carbonyl (C=O) groups excluding carboxylic acids is 2. The summed E-state index contributed by atoms with van der Waals surface area (Å²) < 4.78 is 16.8. The molecule has 0 aliphatic rings.